The number of terminal acetylenes is 1. The smallest absolute Gasteiger partial charge is 0.287 e. The first-order valence-corrected chi connectivity index (χ1v) is 5.24. The molecular weight excluding hydrogens is 204 g/mol. The quantitative estimate of drug-likeness (QED) is 0.734. The topological polar surface area (TPSA) is 68.3 Å². The van der Waals surface area contributed by atoms with Gasteiger partial charge in [0.2, 0.25) is 0 Å². The van der Waals surface area contributed by atoms with Crippen molar-refractivity contribution in [3.63, 3.8) is 0 Å². The van der Waals surface area contributed by atoms with Crippen molar-refractivity contribution >= 4 is 5.91 Å². The summed E-state index contributed by atoms with van der Waals surface area (Å²) in [4.78, 5) is 11.7. The standard InChI is InChI=1S/C12H16N2O2/c1-3-5-9(4-2)14-12(15)11-7-6-10(8-13)16-11/h1,6-7,9H,4-5,8,13H2,2H3,(H,14,15). The molecule has 0 aliphatic rings. The molecule has 16 heavy (non-hydrogen) atoms. The van der Waals surface area contributed by atoms with Crippen LogP contribution in [0.15, 0.2) is 16.5 Å². The van der Waals surface area contributed by atoms with Crippen LogP contribution < -0.4 is 11.1 Å². The molecule has 1 aromatic rings. The van der Waals surface area contributed by atoms with Crippen molar-refractivity contribution in [3.8, 4) is 12.3 Å². The summed E-state index contributed by atoms with van der Waals surface area (Å²) in [6.07, 6.45) is 6.52. The van der Waals surface area contributed by atoms with E-state index in [0.29, 0.717) is 12.2 Å². The molecule has 1 atom stereocenters. The lowest BCUT2D eigenvalue weighted by Gasteiger charge is -2.12. The van der Waals surface area contributed by atoms with E-state index >= 15 is 0 Å². The van der Waals surface area contributed by atoms with Crippen molar-refractivity contribution in [2.75, 3.05) is 0 Å². The fraction of sp³-hybridized carbons (Fsp3) is 0.417. The zero-order valence-electron chi connectivity index (χ0n) is 9.32. The number of furan rings is 1. The average molecular weight is 220 g/mol. The van der Waals surface area contributed by atoms with Crippen LogP contribution in [0.25, 0.3) is 0 Å². The number of nitrogens with two attached hydrogens (primary N) is 1. The van der Waals surface area contributed by atoms with Gasteiger partial charge in [-0.05, 0) is 18.6 Å². The number of amides is 1. The zero-order valence-corrected chi connectivity index (χ0v) is 9.32. The minimum absolute atomic E-state index is 0.0103. The number of hydrogen-bond acceptors (Lipinski definition) is 3. The van der Waals surface area contributed by atoms with Gasteiger partial charge in [-0.3, -0.25) is 4.79 Å². The third-order valence-electron chi connectivity index (χ3n) is 2.28. The normalized spacial score (nSPS) is 11.8. The summed E-state index contributed by atoms with van der Waals surface area (Å²) in [6, 6.07) is 3.29. The molecule has 1 amide bonds. The van der Waals surface area contributed by atoms with Crippen molar-refractivity contribution in [1.29, 1.82) is 0 Å². The second-order valence-electron chi connectivity index (χ2n) is 3.46. The summed E-state index contributed by atoms with van der Waals surface area (Å²) in [7, 11) is 0. The second-order valence-corrected chi connectivity index (χ2v) is 3.46. The van der Waals surface area contributed by atoms with Gasteiger partial charge in [-0.15, -0.1) is 12.3 Å². The number of hydrogen-bond donors (Lipinski definition) is 2. The third-order valence-corrected chi connectivity index (χ3v) is 2.28. The first-order valence-electron chi connectivity index (χ1n) is 5.24. The SMILES string of the molecule is C#CCC(CC)NC(=O)c1ccc(CN)o1. The van der Waals surface area contributed by atoms with Gasteiger partial charge in [0, 0.05) is 12.5 Å². The molecule has 3 N–H and O–H groups in total. The molecule has 0 spiro atoms. The van der Waals surface area contributed by atoms with Gasteiger partial charge < -0.3 is 15.5 Å². The molecule has 0 aromatic carbocycles. The van der Waals surface area contributed by atoms with Crippen molar-refractivity contribution in [1.82, 2.24) is 5.32 Å². The highest BCUT2D eigenvalue weighted by Crippen LogP contribution is 2.08. The van der Waals surface area contributed by atoms with E-state index in [2.05, 4.69) is 11.2 Å². The maximum absolute atomic E-state index is 11.7. The fourth-order valence-electron chi connectivity index (χ4n) is 1.31. The highest BCUT2D eigenvalue weighted by atomic mass is 16.4. The summed E-state index contributed by atoms with van der Waals surface area (Å²) in [6.45, 7) is 2.25. The Labute approximate surface area is 95.2 Å². The summed E-state index contributed by atoms with van der Waals surface area (Å²) in [5.41, 5.74) is 5.39. The van der Waals surface area contributed by atoms with Crippen LogP contribution in [-0.4, -0.2) is 11.9 Å². The molecule has 4 heteroatoms. The van der Waals surface area contributed by atoms with Gasteiger partial charge in [-0.1, -0.05) is 6.92 Å². The van der Waals surface area contributed by atoms with E-state index in [9.17, 15) is 4.79 Å². The zero-order chi connectivity index (χ0) is 12.0. The van der Waals surface area contributed by atoms with Crippen molar-refractivity contribution in [3.05, 3.63) is 23.7 Å². The van der Waals surface area contributed by atoms with Crippen LogP contribution in [0.2, 0.25) is 0 Å². The lowest BCUT2D eigenvalue weighted by molar-refractivity contribution is 0.0907. The van der Waals surface area contributed by atoms with Crippen LogP contribution in [0, 0.1) is 12.3 Å². The van der Waals surface area contributed by atoms with Crippen LogP contribution >= 0.6 is 0 Å². The van der Waals surface area contributed by atoms with Crippen LogP contribution in [0.1, 0.15) is 36.1 Å². The Balaban J connectivity index is 2.61. The molecule has 1 unspecified atom stereocenters. The molecule has 0 saturated carbocycles. The van der Waals surface area contributed by atoms with Crippen molar-refractivity contribution in [2.24, 2.45) is 5.73 Å². The monoisotopic (exact) mass is 220 g/mol. The Morgan fingerprint density at radius 3 is 2.94 bits per heavy atom. The van der Waals surface area contributed by atoms with E-state index in [4.69, 9.17) is 16.6 Å². The van der Waals surface area contributed by atoms with Crippen LogP contribution in [0.3, 0.4) is 0 Å². The van der Waals surface area contributed by atoms with E-state index in [1.54, 1.807) is 12.1 Å². The molecule has 0 fully saturated rings. The molecule has 86 valence electrons. The number of rotatable bonds is 5. The van der Waals surface area contributed by atoms with Gasteiger partial charge in [-0.2, -0.15) is 0 Å². The molecule has 0 aliphatic carbocycles. The van der Waals surface area contributed by atoms with Gasteiger partial charge in [0.1, 0.15) is 5.76 Å². The first kappa shape index (κ1) is 12.3. The minimum Gasteiger partial charge on any atom is -0.455 e. The van der Waals surface area contributed by atoms with Gasteiger partial charge in [0.25, 0.3) is 5.91 Å². The Morgan fingerprint density at radius 2 is 2.44 bits per heavy atom. The van der Waals surface area contributed by atoms with Gasteiger partial charge >= 0.3 is 0 Å². The van der Waals surface area contributed by atoms with E-state index in [1.165, 1.54) is 0 Å². The van der Waals surface area contributed by atoms with E-state index in [1.807, 2.05) is 6.92 Å². The summed E-state index contributed by atoms with van der Waals surface area (Å²) < 4.78 is 5.23. The summed E-state index contributed by atoms with van der Waals surface area (Å²) in [5, 5.41) is 2.81. The number of carbonyl (C=O) groups is 1. The minimum atomic E-state index is -0.248. The van der Waals surface area contributed by atoms with Crippen LogP contribution in [0.4, 0.5) is 0 Å². The van der Waals surface area contributed by atoms with Gasteiger partial charge in [0.05, 0.1) is 6.54 Å². The van der Waals surface area contributed by atoms with Crippen molar-refractivity contribution in [2.45, 2.75) is 32.4 Å². The summed E-state index contributed by atoms with van der Waals surface area (Å²) >= 11 is 0. The summed E-state index contributed by atoms with van der Waals surface area (Å²) in [5.74, 6) is 3.14. The largest absolute Gasteiger partial charge is 0.455 e. The Kier molecular flexibility index (Phi) is 4.62. The molecule has 1 heterocycles. The lowest BCUT2D eigenvalue weighted by atomic mass is 10.1. The molecule has 1 aromatic heterocycles. The molecular formula is C12H16N2O2. The average Bonchev–Trinajstić information content (AvgIpc) is 2.76. The van der Waals surface area contributed by atoms with E-state index in [0.717, 1.165) is 6.42 Å². The maximum atomic E-state index is 11.7. The molecule has 0 bridgehead atoms. The number of carbonyl (C=O) groups excluding carboxylic acids is 1. The van der Waals surface area contributed by atoms with Gasteiger partial charge in [-0.25, -0.2) is 0 Å². The molecule has 4 nitrogen and oxygen atoms in total. The Morgan fingerprint density at radius 1 is 1.69 bits per heavy atom. The second kappa shape index (κ2) is 5.99. The van der Waals surface area contributed by atoms with Crippen molar-refractivity contribution < 1.29 is 9.21 Å². The predicted molar refractivity (Wildman–Crippen MR) is 61.6 cm³/mol. The van der Waals surface area contributed by atoms with Crippen LogP contribution in [-0.2, 0) is 6.54 Å². The third kappa shape index (κ3) is 3.14. The molecule has 0 aliphatic heterocycles. The Hall–Kier alpha value is -1.73. The first-order chi connectivity index (χ1) is 7.71. The molecule has 0 saturated heterocycles. The van der Waals surface area contributed by atoms with E-state index in [-0.39, 0.29) is 24.3 Å². The number of nitrogens with one attached hydrogen (secondary N) is 1. The van der Waals surface area contributed by atoms with E-state index < -0.39 is 0 Å². The fourth-order valence-corrected chi connectivity index (χ4v) is 1.31. The maximum Gasteiger partial charge on any atom is 0.287 e. The predicted octanol–water partition coefficient (Wildman–Crippen LogP) is 1.27. The van der Waals surface area contributed by atoms with Gasteiger partial charge in [0.15, 0.2) is 5.76 Å². The highest BCUT2D eigenvalue weighted by molar-refractivity contribution is 5.91. The highest BCUT2D eigenvalue weighted by Gasteiger charge is 2.14. The van der Waals surface area contributed by atoms with Crippen LogP contribution in [0.5, 0.6) is 0 Å². The molecule has 1 rings (SSSR count). The lowest BCUT2D eigenvalue weighted by Crippen LogP contribution is -2.33. The Bertz CT molecular complexity index is 390. The molecule has 0 radical (unpaired) electrons.